The molecule has 1 aromatic carbocycles. The van der Waals surface area contributed by atoms with Gasteiger partial charge in [0.2, 0.25) is 0 Å². The molecule has 0 amide bonds. The van der Waals surface area contributed by atoms with Crippen LogP contribution in [0.15, 0.2) is 24.4 Å². The van der Waals surface area contributed by atoms with E-state index >= 15 is 0 Å². The molecule has 0 unspecified atom stereocenters. The first-order valence-corrected chi connectivity index (χ1v) is 13.9. The molecule has 3 aliphatic rings. The van der Waals surface area contributed by atoms with Crippen molar-refractivity contribution in [3.05, 3.63) is 40.5 Å². The zero-order valence-electron chi connectivity index (χ0n) is 20.9. The number of halogens is 3. The summed E-state index contributed by atoms with van der Waals surface area (Å²) in [5.74, 6) is 1.38. The van der Waals surface area contributed by atoms with Gasteiger partial charge in [-0.2, -0.15) is 18.3 Å². The van der Waals surface area contributed by atoms with Crippen molar-refractivity contribution in [2.24, 2.45) is 24.3 Å². The summed E-state index contributed by atoms with van der Waals surface area (Å²) in [6.45, 7) is 1.28. The van der Waals surface area contributed by atoms with Gasteiger partial charge in [0.15, 0.2) is 12.4 Å². The SMILES string of the molecule is Cn1cc2c(C(=O)C[C@@H]3CC[C@]4(CCN5CCc6sc(OCC(F)(F)F)nc6C5)C[C@@H]4C3)cccc2n1. The monoisotopic (exact) mass is 532 g/mol. The van der Waals surface area contributed by atoms with Crippen molar-refractivity contribution in [3.8, 4) is 5.19 Å². The molecule has 0 saturated heterocycles. The maximum atomic E-state index is 13.1. The summed E-state index contributed by atoms with van der Waals surface area (Å²) in [6.07, 6.45) is 4.80. The van der Waals surface area contributed by atoms with E-state index < -0.39 is 12.8 Å². The Bertz CT molecular complexity index is 1320. The number of fused-ring (bicyclic) bond motifs is 3. The predicted octanol–water partition coefficient (Wildman–Crippen LogP) is 5.80. The van der Waals surface area contributed by atoms with Gasteiger partial charge >= 0.3 is 6.18 Å². The number of thiazole rings is 1. The first-order chi connectivity index (χ1) is 17.7. The van der Waals surface area contributed by atoms with E-state index in [-0.39, 0.29) is 11.0 Å². The average molecular weight is 533 g/mol. The highest BCUT2D eigenvalue weighted by Crippen LogP contribution is 2.65. The lowest BCUT2D eigenvalue weighted by atomic mass is 9.77. The second-order valence-corrected chi connectivity index (χ2v) is 12.1. The van der Waals surface area contributed by atoms with E-state index in [2.05, 4.69) is 15.0 Å². The molecule has 3 atom stereocenters. The van der Waals surface area contributed by atoms with Crippen molar-refractivity contribution in [1.82, 2.24) is 19.7 Å². The van der Waals surface area contributed by atoms with E-state index in [1.807, 2.05) is 31.4 Å². The number of aryl methyl sites for hydroxylation is 1. The maximum absolute atomic E-state index is 13.1. The Labute approximate surface area is 217 Å². The van der Waals surface area contributed by atoms with E-state index in [0.29, 0.717) is 30.2 Å². The van der Waals surface area contributed by atoms with Crippen molar-refractivity contribution in [3.63, 3.8) is 0 Å². The first-order valence-electron chi connectivity index (χ1n) is 13.0. The van der Waals surface area contributed by atoms with Crippen LogP contribution in [0, 0.1) is 17.3 Å². The molecule has 0 radical (unpaired) electrons. The lowest BCUT2D eigenvalue weighted by molar-refractivity contribution is -0.153. The second kappa shape index (κ2) is 9.38. The number of Topliss-reactive ketones (excluding diaryl/α,β-unsaturated/α-hetero) is 1. The van der Waals surface area contributed by atoms with Gasteiger partial charge in [-0.15, -0.1) is 0 Å². The molecular weight excluding hydrogens is 501 g/mol. The van der Waals surface area contributed by atoms with Gasteiger partial charge in [0.25, 0.3) is 5.19 Å². The predicted molar refractivity (Wildman–Crippen MR) is 135 cm³/mol. The fourth-order valence-electron chi connectivity index (χ4n) is 6.48. The van der Waals surface area contributed by atoms with Gasteiger partial charge in [0.05, 0.1) is 11.2 Å². The van der Waals surface area contributed by atoms with Gasteiger partial charge < -0.3 is 4.74 Å². The Morgan fingerprint density at radius 3 is 3.00 bits per heavy atom. The lowest BCUT2D eigenvalue weighted by Crippen LogP contribution is -2.33. The molecule has 198 valence electrons. The third-order valence-electron chi connectivity index (χ3n) is 8.54. The number of rotatable bonds is 8. The zero-order valence-corrected chi connectivity index (χ0v) is 21.7. The number of hydrogen-bond donors (Lipinski definition) is 0. The van der Waals surface area contributed by atoms with Gasteiger partial charge in [-0.3, -0.25) is 14.4 Å². The molecular formula is C27H31F3N4O2S. The summed E-state index contributed by atoms with van der Waals surface area (Å²) in [7, 11) is 1.88. The summed E-state index contributed by atoms with van der Waals surface area (Å²) in [4.78, 5) is 20.9. The molecule has 2 saturated carbocycles. The Balaban J connectivity index is 0.990. The first kappa shape index (κ1) is 24.9. The minimum Gasteiger partial charge on any atom is -0.460 e. The maximum Gasteiger partial charge on any atom is 0.422 e. The van der Waals surface area contributed by atoms with Crippen LogP contribution in [0.2, 0.25) is 0 Å². The molecule has 37 heavy (non-hydrogen) atoms. The highest BCUT2D eigenvalue weighted by molar-refractivity contribution is 7.13. The van der Waals surface area contributed by atoms with Crippen molar-refractivity contribution < 1.29 is 22.7 Å². The zero-order chi connectivity index (χ0) is 25.8. The standard InChI is InChI=1S/C27H31F3N4O2S/c1-33-14-20-19(3-2-4-21(20)32-33)23(35)12-17-5-7-26(13-18(26)11-17)8-10-34-9-6-24-22(15-34)31-25(37-24)36-16-27(28,29)30/h2-4,14,17-18H,5-13,15-16H2,1H3/t17-,18+,26+/m1/s1. The minimum absolute atomic E-state index is 0.123. The molecule has 6 nitrogen and oxygen atoms in total. The molecule has 0 spiro atoms. The van der Waals surface area contributed by atoms with Crippen molar-refractivity contribution in [2.75, 3.05) is 19.7 Å². The quantitative estimate of drug-likeness (QED) is 0.343. The van der Waals surface area contributed by atoms with Crippen molar-refractivity contribution in [1.29, 1.82) is 0 Å². The van der Waals surface area contributed by atoms with Gasteiger partial charge in [0, 0.05) is 48.6 Å². The van der Waals surface area contributed by atoms with Crippen LogP contribution >= 0.6 is 11.3 Å². The Kier molecular flexibility index (Phi) is 6.30. The molecule has 3 heterocycles. The van der Waals surface area contributed by atoms with Crippen LogP contribution in [0.5, 0.6) is 5.19 Å². The average Bonchev–Trinajstić information content (AvgIpc) is 3.19. The number of hydrogen-bond acceptors (Lipinski definition) is 6. The van der Waals surface area contributed by atoms with E-state index in [9.17, 15) is 18.0 Å². The number of aromatic nitrogens is 3. The largest absolute Gasteiger partial charge is 0.460 e. The number of carbonyl (C=O) groups excluding carboxylic acids is 1. The van der Waals surface area contributed by atoms with Crippen LogP contribution in [-0.2, 0) is 20.0 Å². The molecule has 2 fully saturated rings. The van der Waals surface area contributed by atoms with Crippen molar-refractivity contribution >= 4 is 28.0 Å². The van der Waals surface area contributed by atoms with E-state index in [1.165, 1.54) is 24.2 Å². The fourth-order valence-corrected chi connectivity index (χ4v) is 7.39. The third kappa shape index (κ3) is 5.27. The summed E-state index contributed by atoms with van der Waals surface area (Å²) in [5, 5.41) is 5.49. The Morgan fingerprint density at radius 1 is 1.32 bits per heavy atom. The van der Waals surface area contributed by atoms with Crippen LogP contribution < -0.4 is 4.74 Å². The second-order valence-electron chi connectivity index (χ2n) is 11.1. The molecule has 1 aliphatic heterocycles. The van der Waals surface area contributed by atoms with Gasteiger partial charge in [-0.1, -0.05) is 23.5 Å². The highest BCUT2D eigenvalue weighted by Gasteiger charge is 2.56. The van der Waals surface area contributed by atoms with Gasteiger partial charge in [0.1, 0.15) is 0 Å². The fraction of sp³-hybridized carbons (Fsp3) is 0.593. The van der Waals surface area contributed by atoms with Crippen LogP contribution in [0.25, 0.3) is 10.9 Å². The smallest absolute Gasteiger partial charge is 0.422 e. The number of ether oxygens (including phenoxy) is 1. The molecule has 2 aliphatic carbocycles. The summed E-state index contributed by atoms with van der Waals surface area (Å²) < 4.78 is 44.0. The van der Waals surface area contributed by atoms with E-state index in [4.69, 9.17) is 4.74 Å². The number of nitrogens with zero attached hydrogens (tertiary/aromatic N) is 4. The van der Waals surface area contributed by atoms with Gasteiger partial charge in [-0.25, -0.2) is 4.98 Å². The Hall–Kier alpha value is -2.46. The summed E-state index contributed by atoms with van der Waals surface area (Å²) in [6, 6.07) is 5.79. The van der Waals surface area contributed by atoms with E-state index in [1.54, 1.807) is 4.68 Å². The molecule has 2 aromatic heterocycles. The number of benzene rings is 1. The van der Waals surface area contributed by atoms with Crippen LogP contribution in [0.4, 0.5) is 13.2 Å². The summed E-state index contributed by atoms with van der Waals surface area (Å²) in [5.41, 5.74) is 2.93. The highest BCUT2D eigenvalue weighted by atomic mass is 32.1. The van der Waals surface area contributed by atoms with Crippen molar-refractivity contribution in [2.45, 2.75) is 57.7 Å². The summed E-state index contributed by atoms with van der Waals surface area (Å²) >= 11 is 1.24. The molecule has 6 rings (SSSR count). The normalized spacial score (nSPS) is 25.6. The number of carbonyl (C=O) groups is 1. The topological polar surface area (TPSA) is 60.2 Å². The molecule has 0 bridgehead atoms. The van der Waals surface area contributed by atoms with Crippen LogP contribution in [0.1, 0.15) is 59.5 Å². The molecule has 0 N–H and O–H groups in total. The van der Waals surface area contributed by atoms with Crippen LogP contribution in [-0.4, -0.2) is 51.3 Å². The van der Waals surface area contributed by atoms with Gasteiger partial charge in [-0.05, 0) is 68.4 Å². The lowest BCUT2D eigenvalue weighted by Gasteiger charge is -2.31. The third-order valence-corrected chi connectivity index (χ3v) is 9.61. The molecule has 3 aromatic rings. The number of alkyl halides is 3. The van der Waals surface area contributed by atoms with Crippen LogP contribution in [0.3, 0.4) is 0 Å². The minimum atomic E-state index is -4.35. The Morgan fingerprint density at radius 2 is 2.19 bits per heavy atom. The molecule has 10 heteroatoms. The van der Waals surface area contributed by atoms with E-state index in [0.717, 1.165) is 65.8 Å². The number of ketones is 1.